The molecule has 2 amide bonds. The Morgan fingerprint density at radius 3 is 2.43 bits per heavy atom. The van der Waals surface area contributed by atoms with Crippen LogP contribution in [-0.2, 0) is 0 Å². The fourth-order valence-electron chi connectivity index (χ4n) is 2.22. The lowest BCUT2D eigenvalue weighted by Crippen LogP contribution is -2.19. The normalized spacial score (nSPS) is 10.3. The highest BCUT2D eigenvalue weighted by atomic mass is 16.5. The van der Waals surface area contributed by atoms with Crippen LogP contribution < -0.4 is 20.1 Å². The molecular formula is C16H16N4O3. The Morgan fingerprint density at radius 1 is 1.00 bits per heavy atom. The number of hydrogen-bond donors (Lipinski definition) is 3. The summed E-state index contributed by atoms with van der Waals surface area (Å²) in [6.45, 7) is 0. The Morgan fingerprint density at radius 2 is 1.70 bits per heavy atom. The minimum atomic E-state index is -0.351. The maximum Gasteiger partial charge on any atom is 0.323 e. The van der Waals surface area contributed by atoms with Crippen LogP contribution in [0, 0.1) is 0 Å². The van der Waals surface area contributed by atoms with Crippen LogP contribution in [0.25, 0.3) is 10.9 Å². The maximum atomic E-state index is 12.1. The minimum absolute atomic E-state index is 0.351. The summed E-state index contributed by atoms with van der Waals surface area (Å²) in [5.41, 5.74) is 2.12. The van der Waals surface area contributed by atoms with Crippen molar-refractivity contribution in [1.82, 2.24) is 10.2 Å². The number of rotatable bonds is 4. The number of carbonyl (C=O) groups is 1. The third kappa shape index (κ3) is 3.18. The van der Waals surface area contributed by atoms with Gasteiger partial charge in [-0.15, -0.1) is 0 Å². The molecule has 0 aliphatic heterocycles. The molecule has 7 heteroatoms. The van der Waals surface area contributed by atoms with Gasteiger partial charge >= 0.3 is 6.03 Å². The summed E-state index contributed by atoms with van der Waals surface area (Å²) in [6.07, 6.45) is 1.73. The van der Waals surface area contributed by atoms with Gasteiger partial charge in [0, 0.05) is 22.8 Å². The zero-order valence-corrected chi connectivity index (χ0v) is 12.7. The number of hydrogen-bond acceptors (Lipinski definition) is 4. The molecule has 2 aromatic carbocycles. The van der Waals surface area contributed by atoms with Gasteiger partial charge in [0.05, 0.1) is 25.9 Å². The van der Waals surface area contributed by atoms with Crippen LogP contribution in [0.1, 0.15) is 0 Å². The van der Waals surface area contributed by atoms with Crippen molar-refractivity contribution in [1.29, 1.82) is 0 Å². The van der Waals surface area contributed by atoms with Crippen molar-refractivity contribution in [3.8, 4) is 11.5 Å². The molecule has 0 fully saturated rings. The zero-order chi connectivity index (χ0) is 16.2. The lowest BCUT2D eigenvalue weighted by atomic mass is 10.2. The summed E-state index contributed by atoms with van der Waals surface area (Å²) in [7, 11) is 3.10. The molecule has 0 bridgehead atoms. The van der Waals surface area contributed by atoms with Gasteiger partial charge in [-0.05, 0) is 30.3 Å². The van der Waals surface area contributed by atoms with Crippen LogP contribution in [0.5, 0.6) is 11.5 Å². The standard InChI is InChI=1S/C16H16N4O3/c1-22-14-6-5-12(8-15(14)23-2)19-16(21)18-11-4-3-10-9-17-20-13(10)7-11/h3-9H,1-2H3,(H,17,20)(H2,18,19,21). The molecule has 3 rings (SSSR count). The molecule has 0 atom stereocenters. The van der Waals surface area contributed by atoms with Gasteiger partial charge in [0.15, 0.2) is 11.5 Å². The monoisotopic (exact) mass is 312 g/mol. The number of fused-ring (bicyclic) bond motifs is 1. The smallest absolute Gasteiger partial charge is 0.323 e. The highest BCUT2D eigenvalue weighted by molar-refractivity contribution is 6.01. The topological polar surface area (TPSA) is 88.3 Å². The number of carbonyl (C=O) groups excluding carboxylic acids is 1. The van der Waals surface area contributed by atoms with E-state index in [1.807, 2.05) is 18.2 Å². The van der Waals surface area contributed by atoms with E-state index in [0.29, 0.717) is 22.9 Å². The number of nitrogens with zero attached hydrogens (tertiary/aromatic N) is 1. The number of ether oxygens (including phenoxy) is 2. The Hall–Kier alpha value is -3.22. The van der Waals surface area contributed by atoms with E-state index in [0.717, 1.165) is 10.9 Å². The molecule has 1 heterocycles. The first-order valence-corrected chi connectivity index (χ1v) is 6.93. The second-order valence-electron chi connectivity index (χ2n) is 4.82. The molecule has 0 aliphatic rings. The van der Waals surface area contributed by atoms with Gasteiger partial charge < -0.3 is 20.1 Å². The number of aromatic amines is 1. The molecule has 3 aromatic rings. The first kappa shape index (κ1) is 14.7. The highest BCUT2D eigenvalue weighted by Crippen LogP contribution is 2.29. The largest absolute Gasteiger partial charge is 0.493 e. The Balaban J connectivity index is 1.71. The lowest BCUT2D eigenvalue weighted by Gasteiger charge is -2.11. The SMILES string of the molecule is COc1ccc(NC(=O)Nc2ccc3cn[nH]c3c2)cc1OC. The van der Waals surface area contributed by atoms with E-state index >= 15 is 0 Å². The van der Waals surface area contributed by atoms with E-state index in [4.69, 9.17) is 9.47 Å². The molecular weight excluding hydrogens is 296 g/mol. The number of benzene rings is 2. The molecule has 0 saturated carbocycles. The van der Waals surface area contributed by atoms with E-state index in [1.54, 1.807) is 38.6 Å². The first-order valence-electron chi connectivity index (χ1n) is 6.93. The third-order valence-electron chi connectivity index (χ3n) is 3.34. The van der Waals surface area contributed by atoms with Gasteiger partial charge in [0.1, 0.15) is 0 Å². The second-order valence-corrected chi connectivity index (χ2v) is 4.82. The average molecular weight is 312 g/mol. The molecule has 0 spiro atoms. The van der Waals surface area contributed by atoms with Crippen molar-refractivity contribution in [2.24, 2.45) is 0 Å². The predicted octanol–water partition coefficient (Wildman–Crippen LogP) is 3.22. The number of amides is 2. The summed E-state index contributed by atoms with van der Waals surface area (Å²) in [5, 5.41) is 13.3. The number of methoxy groups -OCH3 is 2. The van der Waals surface area contributed by atoms with Gasteiger partial charge in [-0.3, -0.25) is 5.10 Å². The van der Waals surface area contributed by atoms with Crippen LogP contribution in [0.3, 0.4) is 0 Å². The average Bonchev–Trinajstić information content (AvgIpc) is 3.02. The Kier molecular flexibility index (Phi) is 4.01. The summed E-state index contributed by atoms with van der Waals surface area (Å²) < 4.78 is 10.4. The molecule has 118 valence electrons. The lowest BCUT2D eigenvalue weighted by molar-refractivity contribution is 0.262. The van der Waals surface area contributed by atoms with Crippen molar-refractivity contribution in [3.05, 3.63) is 42.6 Å². The molecule has 0 radical (unpaired) electrons. The summed E-state index contributed by atoms with van der Waals surface area (Å²) in [4.78, 5) is 12.1. The van der Waals surface area contributed by atoms with Crippen LogP contribution >= 0.6 is 0 Å². The van der Waals surface area contributed by atoms with Crippen molar-refractivity contribution in [2.75, 3.05) is 24.9 Å². The summed E-state index contributed by atoms with van der Waals surface area (Å²) in [5.74, 6) is 1.15. The van der Waals surface area contributed by atoms with E-state index in [-0.39, 0.29) is 6.03 Å². The Bertz CT molecular complexity index is 844. The number of anilines is 2. The minimum Gasteiger partial charge on any atom is -0.493 e. The van der Waals surface area contributed by atoms with Crippen molar-refractivity contribution in [2.45, 2.75) is 0 Å². The second kappa shape index (κ2) is 6.27. The number of urea groups is 1. The fourth-order valence-corrected chi connectivity index (χ4v) is 2.22. The molecule has 0 aliphatic carbocycles. The summed E-state index contributed by atoms with van der Waals surface area (Å²) >= 11 is 0. The predicted molar refractivity (Wildman–Crippen MR) is 88.3 cm³/mol. The van der Waals surface area contributed by atoms with Crippen LogP contribution in [0.4, 0.5) is 16.2 Å². The first-order chi connectivity index (χ1) is 11.2. The van der Waals surface area contributed by atoms with Crippen LogP contribution in [0.15, 0.2) is 42.6 Å². The molecule has 0 unspecified atom stereocenters. The van der Waals surface area contributed by atoms with Crippen LogP contribution in [0.2, 0.25) is 0 Å². The van der Waals surface area contributed by atoms with E-state index in [1.165, 1.54) is 0 Å². The summed E-state index contributed by atoms with van der Waals surface area (Å²) in [6, 6.07) is 10.3. The number of H-pyrrole nitrogens is 1. The van der Waals surface area contributed by atoms with Crippen LogP contribution in [-0.4, -0.2) is 30.4 Å². The zero-order valence-electron chi connectivity index (χ0n) is 12.7. The van der Waals surface area contributed by atoms with Crippen molar-refractivity contribution >= 4 is 28.3 Å². The third-order valence-corrected chi connectivity index (χ3v) is 3.34. The highest BCUT2D eigenvalue weighted by Gasteiger charge is 2.08. The van der Waals surface area contributed by atoms with Gasteiger partial charge in [-0.25, -0.2) is 4.79 Å². The quantitative estimate of drug-likeness (QED) is 0.690. The van der Waals surface area contributed by atoms with Gasteiger partial charge in [-0.1, -0.05) is 0 Å². The molecule has 0 saturated heterocycles. The van der Waals surface area contributed by atoms with Gasteiger partial charge in [0.25, 0.3) is 0 Å². The fraction of sp³-hybridized carbons (Fsp3) is 0.125. The van der Waals surface area contributed by atoms with E-state index in [2.05, 4.69) is 20.8 Å². The van der Waals surface area contributed by atoms with Crippen molar-refractivity contribution < 1.29 is 14.3 Å². The molecule has 23 heavy (non-hydrogen) atoms. The molecule has 1 aromatic heterocycles. The van der Waals surface area contributed by atoms with E-state index < -0.39 is 0 Å². The number of nitrogens with one attached hydrogen (secondary N) is 3. The Labute approximate surface area is 132 Å². The number of aromatic nitrogens is 2. The maximum absolute atomic E-state index is 12.1. The molecule has 3 N–H and O–H groups in total. The molecule has 7 nitrogen and oxygen atoms in total. The van der Waals surface area contributed by atoms with E-state index in [9.17, 15) is 4.79 Å². The van der Waals surface area contributed by atoms with Crippen molar-refractivity contribution in [3.63, 3.8) is 0 Å². The van der Waals surface area contributed by atoms with Gasteiger partial charge in [-0.2, -0.15) is 5.10 Å². The van der Waals surface area contributed by atoms with Gasteiger partial charge in [0.2, 0.25) is 0 Å².